The van der Waals surface area contributed by atoms with Crippen LogP contribution >= 0.6 is 11.3 Å². The topological polar surface area (TPSA) is 76.5 Å². The number of carbonyl (C=O) groups is 2. The van der Waals surface area contributed by atoms with Crippen LogP contribution in [0.4, 0.5) is 5.13 Å². The molecule has 1 aliphatic heterocycles. The number of piperidine rings is 1. The number of nitrogens with zero attached hydrogens (tertiary/aromatic N) is 3. The SMILES string of the molecule is COC(=O)c1cccc(CNC(=O)c2cc(C)cn2Cc2csc(N3CCCCC3)n2)c1. The molecule has 0 radical (unpaired) electrons. The molecule has 1 fully saturated rings. The predicted molar refractivity (Wildman–Crippen MR) is 125 cm³/mol. The maximum atomic E-state index is 12.9. The molecule has 4 rings (SSSR count). The molecule has 3 aromatic rings. The summed E-state index contributed by atoms with van der Waals surface area (Å²) in [6.45, 7) is 5.00. The van der Waals surface area contributed by atoms with Crippen molar-refractivity contribution in [3.05, 3.63) is 70.0 Å². The van der Waals surface area contributed by atoms with E-state index in [1.165, 1.54) is 26.4 Å². The molecule has 3 heterocycles. The van der Waals surface area contributed by atoms with Gasteiger partial charge in [-0.25, -0.2) is 9.78 Å². The van der Waals surface area contributed by atoms with Crippen molar-refractivity contribution in [2.24, 2.45) is 0 Å². The molecule has 7 nitrogen and oxygen atoms in total. The standard InChI is InChI=1S/C24H28N4O3S/c1-17-11-21(22(29)25-13-18-7-6-8-19(12-18)23(30)31-2)28(14-17)15-20-16-32-24(26-20)27-9-4-3-5-10-27/h6-8,11-12,14,16H,3-5,9-10,13,15H2,1-2H3,(H,25,29). The summed E-state index contributed by atoms with van der Waals surface area (Å²) in [5, 5.41) is 6.11. The number of benzene rings is 1. The van der Waals surface area contributed by atoms with Crippen molar-refractivity contribution >= 4 is 28.3 Å². The summed E-state index contributed by atoms with van der Waals surface area (Å²) in [4.78, 5) is 31.8. The Kier molecular flexibility index (Phi) is 6.90. The monoisotopic (exact) mass is 452 g/mol. The summed E-state index contributed by atoms with van der Waals surface area (Å²) in [6.07, 6.45) is 5.71. The van der Waals surface area contributed by atoms with Crippen molar-refractivity contribution in [3.8, 4) is 0 Å². The van der Waals surface area contributed by atoms with Gasteiger partial charge in [0.25, 0.3) is 5.91 Å². The number of nitrogens with one attached hydrogen (secondary N) is 1. The lowest BCUT2D eigenvalue weighted by Crippen LogP contribution is -2.29. The molecule has 32 heavy (non-hydrogen) atoms. The minimum absolute atomic E-state index is 0.159. The van der Waals surface area contributed by atoms with Crippen LogP contribution in [0.5, 0.6) is 0 Å². The van der Waals surface area contributed by atoms with E-state index < -0.39 is 5.97 Å². The van der Waals surface area contributed by atoms with Crippen LogP contribution in [0.3, 0.4) is 0 Å². The molecule has 1 saturated heterocycles. The van der Waals surface area contributed by atoms with Crippen molar-refractivity contribution in [2.75, 3.05) is 25.1 Å². The van der Waals surface area contributed by atoms with E-state index in [-0.39, 0.29) is 5.91 Å². The predicted octanol–water partition coefficient (Wildman–Crippen LogP) is 4.01. The molecule has 1 N–H and O–H groups in total. The number of ether oxygens (including phenoxy) is 1. The van der Waals surface area contributed by atoms with Crippen LogP contribution in [-0.2, 0) is 17.8 Å². The zero-order valence-corrected chi connectivity index (χ0v) is 19.3. The van der Waals surface area contributed by atoms with Crippen molar-refractivity contribution in [1.29, 1.82) is 0 Å². The summed E-state index contributed by atoms with van der Waals surface area (Å²) in [5.74, 6) is -0.553. The highest BCUT2D eigenvalue weighted by atomic mass is 32.1. The van der Waals surface area contributed by atoms with E-state index in [0.29, 0.717) is 24.3 Å². The fourth-order valence-corrected chi connectivity index (χ4v) is 4.82. The van der Waals surface area contributed by atoms with Crippen molar-refractivity contribution in [1.82, 2.24) is 14.9 Å². The van der Waals surface area contributed by atoms with E-state index in [1.54, 1.807) is 29.5 Å². The van der Waals surface area contributed by atoms with E-state index in [4.69, 9.17) is 9.72 Å². The van der Waals surface area contributed by atoms with Gasteiger partial charge in [0.1, 0.15) is 5.69 Å². The van der Waals surface area contributed by atoms with Crippen LogP contribution < -0.4 is 10.2 Å². The summed E-state index contributed by atoms with van der Waals surface area (Å²) in [7, 11) is 1.35. The maximum absolute atomic E-state index is 12.9. The molecule has 0 aliphatic carbocycles. The van der Waals surface area contributed by atoms with Crippen LogP contribution in [0.1, 0.15) is 56.9 Å². The molecule has 168 valence electrons. The average Bonchev–Trinajstić information content (AvgIpc) is 3.44. The third kappa shape index (κ3) is 5.19. The van der Waals surface area contributed by atoms with Gasteiger partial charge in [-0.1, -0.05) is 12.1 Å². The van der Waals surface area contributed by atoms with Gasteiger partial charge in [0.2, 0.25) is 0 Å². The van der Waals surface area contributed by atoms with Gasteiger partial charge in [0.05, 0.1) is 24.9 Å². The molecular formula is C24H28N4O3S. The number of anilines is 1. The van der Waals surface area contributed by atoms with E-state index >= 15 is 0 Å². The van der Waals surface area contributed by atoms with Gasteiger partial charge < -0.3 is 19.5 Å². The molecule has 0 bridgehead atoms. The number of amides is 1. The second-order valence-electron chi connectivity index (χ2n) is 8.07. The first-order valence-electron chi connectivity index (χ1n) is 10.8. The minimum atomic E-state index is -0.394. The van der Waals surface area contributed by atoms with Crippen LogP contribution in [0.15, 0.2) is 41.9 Å². The van der Waals surface area contributed by atoms with Crippen molar-refractivity contribution in [2.45, 2.75) is 39.3 Å². The Balaban J connectivity index is 1.42. The lowest BCUT2D eigenvalue weighted by atomic mass is 10.1. The Hall–Kier alpha value is -3.13. The number of thiazole rings is 1. The van der Waals surface area contributed by atoms with Crippen LogP contribution in [0, 0.1) is 6.92 Å². The third-order valence-corrected chi connectivity index (χ3v) is 6.52. The highest BCUT2D eigenvalue weighted by Gasteiger charge is 2.17. The zero-order chi connectivity index (χ0) is 22.5. The normalized spacial score (nSPS) is 13.8. The van der Waals surface area contributed by atoms with E-state index in [0.717, 1.165) is 35.0 Å². The summed E-state index contributed by atoms with van der Waals surface area (Å²) in [5.41, 5.74) is 3.88. The number of methoxy groups -OCH3 is 1. The van der Waals surface area contributed by atoms with Gasteiger partial charge in [-0.3, -0.25) is 4.79 Å². The summed E-state index contributed by atoms with van der Waals surface area (Å²) >= 11 is 1.67. The Morgan fingerprint density at radius 2 is 2.00 bits per heavy atom. The second kappa shape index (κ2) is 9.99. The molecule has 0 unspecified atom stereocenters. The lowest BCUT2D eigenvalue weighted by molar-refractivity contribution is 0.0600. The molecular weight excluding hydrogens is 424 g/mol. The number of aryl methyl sites for hydroxylation is 1. The zero-order valence-electron chi connectivity index (χ0n) is 18.5. The maximum Gasteiger partial charge on any atom is 0.337 e. The number of rotatable bonds is 7. The van der Waals surface area contributed by atoms with E-state index in [9.17, 15) is 9.59 Å². The Labute approximate surface area is 192 Å². The second-order valence-corrected chi connectivity index (χ2v) is 8.91. The first kappa shape index (κ1) is 22.1. The van der Waals surface area contributed by atoms with Gasteiger partial charge in [-0.2, -0.15) is 0 Å². The molecule has 2 aromatic heterocycles. The van der Waals surface area contributed by atoms with Crippen molar-refractivity contribution < 1.29 is 14.3 Å². The highest BCUT2D eigenvalue weighted by molar-refractivity contribution is 7.13. The first-order chi connectivity index (χ1) is 15.5. The van der Waals surface area contributed by atoms with Gasteiger partial charge >= 0.3 is 5.97 Å². The molecule has 1 aromatic carbocycles. The van der Waals surface area contributed by atoms with Crippen LogP contribution in [0.2, 0.25) is 0 Å². The highest BCUT2D eigenvalue weighted by Crippen LogP contribution is 2.25. The Morgan fingerprint density at radius 3 is 2.78 bits per heavy atom. The molecule has 8 heteroatoms. The smallest absolute Gasteiger partial charge is 0.337 e. The van der Waals surface area contributed by atoms with Crippen LogP contribution in [0.25, 0.3) is 0 Å². The molecule has 1 aliphatic rings. The lowest BCUT2D eigenvalue weighted by Gasteiger charge is -2.25. The number of hydrogen-bond donors (Lipinski definition) is 1. The largest absolute Gasteiger partial charge is 0.465 e. The molecule has 0 spiro atoms. The van der Waals surface area contributed by atoms with E-state index in [1.807, 2.05) is 29.8 Å². The third-order valence-electron chi connectivity index (χ3n) is 5.57. The van der Waals surface area contributed by atoms with Crippen molar-refractivity contribution in [3.63, 3.8) is 0 Å². The number of carbonyl (C=O) groups excluding carboxylic acids is 2. The summed E-state index contributed by atoms with van der Waals surface area (Å²) in [6, 6.07) is 8.96. The Morgan fingerprint density at radius 1 is 1.19 bits per heavy atom. The van der Waals surface area contributed by atoms with Gasteiger partial charge in [-0.15, -0.1) is 11.3 Å². The summed E-state index contributed by atoms with van der Waals surface area (Å²) < 4.78 is 6.71. The Bertz CT molecular complexity index is 1100. The molecule has 0 atom stereocenters. The average molecular weight is 453 g/mol. The first-order valence-corrected chi connectivity index (χ1v) is 11.7. The number of aromatic nitrogens is 2. The number of hydrogen-bond acceptors (Lipinski definition) is 6. The quantitative estimate of drug-likeness (QED) is 0.548. The fourth-order valence-electron chi connectivity index (χ4n) is 3.95. The number of esters is 1. The van der Waals surface area contributed by atoms with Gasteiger partial charge in [0, 0.05) is 31.2 Å². The molecule has 0 saturated carbocycles. The fraction of sp³-hybridized carbons (Fsp3) is 0.375. The van der Waals surface area contributed by atoms with Gasteiger partial charge in [-0.05, 0) is 55.5 Å². The minimum Gasteiger partial charge on any atom is -0.465 e. The van der Waals surface area contributed by atoms with E-state index in [2.05, 4.69) is 15.6 Å². The van der Waals surface area contributed by atoms with Gasteiger partial charge in [0.15, 0.2) is 5.13 Å². The van der Waals surface area contributed by atoms with Crippen LogP contribution in [-0.4, -0.2) is 41.6 Å². The molecule has 1 amide bonds.